The Morgan fingerprint density at radius 3 is 2.85 bits per heavy atom. The monoisotopic (exact) mass is 179 g/mol. The predicted octanol–water partition coefficient (Wildman–Crippen LogP) is 1.33. The van der Waals surface area contributed by atoms with Gasteiger partial charge in [0, 0.05) is 5.56 Å². The summed E-state index contributed by atoms with van der Waals surface area (Å²) in [6, 6.07) is 0. The summed E-state index contributed by atoms with van der Waals surface area (Å²) in [6.45, 7) is 0. The van der Waals surface area contributed by atoms with Gasteiger partial charge in [-0.1, -0.05) is 6.42 Å². The summed E-state index contributed by atoms with van der Waals surface area (Å²) >= 11 is 0. The van der Waals surface area contributed by atoms with Gasteiger partial charge >= 0.3 is 0 Å². The average Bonchev–Trinajstić information content (AvgIpc) is 2.05. The first-order valence-electron chi connectivity index (χ1n) is 4.48. The summed E-state index contributed by atoms with van der Waals surface area (Å²) in [5, 5.41) is 7.67. The lowest BCUT2D eigenvalue weighted by atomic mass is 9.80. The smallest absolute Gasteiger partial charge is 0.256 e. The van der Waals surface area contributed by atoms with Gasteiger partial charge in [0.1, 0.15) is 5.69 Å². The summed E-state index contributed by atoms with van der Waals surface area (Å²) in [5.74, 6) is 1.02. The lowest BCUT2D eigenvalue weighted by Gasteiger charge is -2.26. The summed E-state index contributed by atoms with van der Waals surface area (Å²) in [6.07, 6.45) is 5.45. The molecular formula is C9H13N3O. The predicted molar refractivity (Wildman–Crippen MR) is 49.6 cm³/mol. The van der Waals surface area contributed by atoms with Gasteiger partial charge in [-0.2, -0.15) is 5.10 Å². The lowest BCUT2D eigenvalue weighted by Crippen LogP contribution is -2.12. The molecule has 13 heavy (non-hydrogen) atoms. The van der Waals surface area contributed by atoms with Crippen LogP contribution in [0.3, 0.4) is 0 Å². The Kier molecular flexibility index (Phi) is 2.04. The van der Waals surface area contributed by atoms with Crippen LogP contribution in [0.5, 0.6) is 5.88 Å². The normalized spacial score (nSPS) is 16.7. The molecule has 1 saturated carbocycles. The SMILES string of the molecule is COc1nncc(C2CCC2)c1N. The Labute approximate surface area is 77.1 Å². The molecule has 1 aromatic heterocycles. The second-order valence-corrected chi connectivity index (χ2v) is 3.35. The average molecular weight is 179 g/mol. The maximum absolute atomic E-state index is 5.88. The molecule has 0 spiro atoms. The molecule has 0 radical (unpaired) electrons. The molecule has 1 fully saturated rings. The number of nitrogens with two attached hydrogens (primary N) is 1. The van der Waals surface area contributed by atoms with E-state index in [0.717, 1.165) is 5.56 Å². The largest absolute Gasteiger partial charge is 0.478 e. The van der Waals surface area contributed by atoms with Crippen molar-refractivity contribution in [1.82, 2.24) is 10.2 Å². The molecule has 70 valence electrons. The molecular weight excluding hydrogens is 166 g/mol. The fourth-order valence-electron chi connectivity index (χ4n) is 1.59. The standard InChI is InChI=1S/C9H13N3O/c1-13-9-8(10)7(5-11-12-9)6-3-2-4-6/h5-6H,2-4H2,1H3,(H2,10,11). The molecule has 0 aromatic carbocycles. The van der Waals surface area contributed by atoms with Gasteiger partial charge in [0.15, 0.2) is 0 Å². The minimum absolute atomic E-state index is 0.449. The van der Waals surface area contributed by atoms with E-state index in [-0.39, 0.29) is 0 Å². The number of hydrogen-bond donors (Lipinski definition) is 1. The van der Waals surface area contributed by atoms with Gasteiger partial charge in [0.25, 0.3) is 5.88 Å². The Hall–Kier alpha value is -1.32. The van der Waals surface area contributed by atoms with Gasteiger partial charge in [-0.05, 0) is 18.8 Å². The van der Waals surface area contributed by atoms with Crippen molar-refractivity contribution in [3.63, 3.8) is 0 Å². The zero-order chi connectivity index (χ0) is 9.26. The molecule has 0 unspecified atom stereocenters. The van der Waals surface area contributed by atoms with Crippen LogP contribution in [0.1, 0.15) is 30.7 Å². The molecule has 4 heteroatoms. The molecule has 2 N–H and O–H groups in total. The van der Waals surface area contributed by atoms with E-state index in [4.69, 9.17) is 10.5 Å². The highest BCUT2D eigenvalue weighted by molar-refractivity contribution is 5.55. The minimum Gasteiger partial charge on any atom is -0.478 e. The zero-order valence-corrected chi connectivity index (χ0v) is 7.66. The number of nitrogen functional groups attached to an aromatic ring is 1. The van der Waals surface area contributed by atoms with Crippen LogP contribution in [0, 0.1) is 0 Å². The van der Waals surface area contributed by atoms with E-state index in [0.29, 0.717) is 17.5 Å². The van der Waals surface area contributed by atoms with Crippen LogP contribution in [-0.4, -0.2) is 17.3 Å². The van der Waals surface area contributed by atoms with Gasteiger partial charge in [-0.15, -0.1) is 5.10 Å². The molecule has 4 nitrogen and oxygen atoms in total. The first-order chi connectivity index (χ1) is 6.33. The van der Waals surface area contributed by atoms with Gasteiger partial charge in [-0.3, -0.25) is 0 Å². The third-order valence-corrected chi connectivity index (χ3v) is 2.63. The van der Waals surface area contributed by atoms with Crippen molar-refractivity contribution in [2.75, 3.05) is 12.8 Å². The van der Waals surface area contributed by atoms with E-state index in [2.05, 4.69) is 10.2 Å². The summed E-state index contributed by atoms with van der Waals surface area (Å²) < 4.78 is 5.01. The number of aromatic nitrogens is 2. The highest BCUT2D eigenvalue weighted by Gasteiger charge is 2.23. The molecule has 0 atom stereocenters. The Bertz CT molecular complexity index is 310. The third kappa shape index (κ3) is 1.32. The summed E-state index contributed by atoms with van der Waals surface area (Å²) in [5.41, 5.74) is 7.63. The second-order valence-electron chi connectivity index (χ2n) is 3.35. The number of methoxy groups -OCH3 is 1. The van der Waals surface area contributed by atoms with Crippen LogP contribution in [0.15, 0.2) is 6.20 Å². The topological polar surface area (TPSA) is 61.0 Å². The van der Waals surface area contributed by atoms with Gasteiger partial charge in [0.05, 0.1) is 13.3 Å². The molecule has 0 saturated heterocycles. The Morgan fingerprint density at radius 2 is 2.31 bits per heavy atom. The number of anilines is 1. The van der Waals surface area contributed by atoms with Crippen LogP contribution in [0.2, 0.25) is 0 Å². The fraction of sp³-hybridized carbons (Fsp3) is 0.556. The minimum atomic E-state index is 0.449. The summed E-state index contributed by atoms with van der Waals surface area (Å²) in [7, 11) is 1.56. The number of ether oxygens (including phenoxy) is 1. The lowest BCUT2D eigenvalue weighted by molar-refractivity contribution is 0.386. The van der Waals surface area contributed by atoms with Crippen molar-refractivity contribution in [2.24, 2.45) is 0 Å². The molecule has 0 aliphatic heterocycles. The van der Waals surface area contributed by atoms with Crippen LogP contribution in [0.4, 0.5) is 5.69 Å². The zero-order valence-electron chi connectivity index (χ0n) is 7.66. The van der Waals surface area contributed by atoms with E-state index in [9.17, 15) is 0 Å². The first kappa shape index (κ1) is 8.29. The molecule has 1 aliphatic carbocycles. The van der Waals surface area contributed by atoms with E-state index >= 15 is 0 Å². The van der Waals surface area contributed by atoms with Crippen molar-refractivity contribution in [3.8, 4) is 5.88 Å². The highest BCUT2D eigenvalue weighted by atomic mass is 16.5. The fourth-order valence-corrected chi connectivity index (χ4v) is 1.59. The van der Waals surface area contributed by atoms with E-state index in [1.807, 2.05) is 0 Å². The number of rotatable bonds is 2. The van der Waals surface area contributed by atoms with Crippen molar-refractivity contribution < 1.29 is 4.74 Å². The van der Waals surface area contributed by atoms with Crippen LogP contribution in [-0.2, 0) is 0 Å². The van der Waals surface area contributed by atoms with E-state index in [1.54, 1.807) is 13.3 Å². The third-order valence-electron chi connectivity index (χ3n) is 2.63. The van der Waals surface area contributed by atoms with Crippen LogP contribution in [0.25, 0.3) is 0 Å². The van der Waals surface area contributed by atoms with Crippen molar-refractivity contribution in [3.05, 3.63) is 11.8 Å². The summed E-state index contributed by atoms with van der Waals surface area (Å²) in [4.78, 5) is 0. The molecule has 1 heterocycles. The van der Waals surface area contributed by atoms with E-state index in [1.165, 1.54) is 19.3 Å². The Balaban J connectivity index is 2.33. The maximum Gasteiger partial charge on any atom is 0.256 e. The first-order valence-corrected chi connectivity index (χ1v) is 4.48. The van der Waals surface area contributed by atoms with E-state index < -0.39 is 0 Å². The molecule has 1 aliphatic rings. The van der Waals surface area contributed by atoms with Crippen LogP contribution < -0.4 is 10.5 Å². The molecule has 2 rings (SSSR count). The maximum atomic E-state index is 5.88. The number of nitrogens with zero attached hydrogens (tertiary/aromatic N) is 2. The highest BCUT2D eigenvalue weighted by Crippen LogP contribution is 2.40. The Morgan fingerprint density at radius 1 is 1.54 bits per heavy atom. The molecule has 0 bridgehead atoms. The number of hydrogen-bond acceptors (Lipinski definition) is 4. The van der Waals surface area contributed by atoms with Gasteiger partial charge < -0.3 is 10.5 Å². The molecule has 0 amide bonds. The van der Waals surface area contributed by atoms with Crippen LogP contribution >= 0.6 is 0 Å². The van der Waals surface area contributed by atoms with Crippen molar-refractivity contribution in [1.29, 1.82) is 0 Å². The van der Waals surface area contributed by atoms with Crippen molar-refractivity contribution >= 4 is 5.69 Å². The quantitative estimate of drug-likeness (QED) is 0.744. The molecule has 1 aromatic rings. The van der Waals surface area contributed by atoms with Gasteiger partial charge in [0.2, 0.25) is 0 Å². The second kappa shape index (κ2) is 3.20. The van der Waals surface area contributed by atoms with Gasteiger partial charge in [-0.25, -0.2) is 0 Å². The van der Waals surface area contributed by atoms with Crippen molar-refractivity contribution in [2.45, 2.75) is 25.2 Å².